The van der Waals surface area contributed by atoms with Crippen LogP contribution >= 0.6 is 0 Å². The quantitative estimate of drug-likeness (QED) is 0.713. The van der Waals surface area contributed by atoms with Gasteiger partial charge in [-0.25, -0.2) is 0 Å². The average Bonchev–Trinajstić information content (AvgIpc) is 2.34. The van der Waals surface area contributed by atoms with Gasteiger partial charge in [-0.2, -0.15) is 0 Å². The molecule has 1 aromatic rings. The molecule has 0 atom stereocenters. The van der Waals surface area contributed by atoms with Gasteiger partial charge in [-0.15, -0.1) is 0 Å². The van der Waals surface area contributed by atoms with Crippen molar-refractivity contribution in [3.8, 4) is 23.0 Å². The molecule has 0 bridgehead atoms. The van der Waals surface area contributed by atoms with E-state index < -0.39 is 0 Å². The fourth-order valence-electron chi connectivity index (χ4n) is 1.52. The largest absolute Gasteiger partial charge is 0.493 e. The molecule has 0 fully saturated rings. The molecule has 1 radical (unpaired) electrons. The van der Waals surface area contributed by atoms with Gasteiger partial charge in [-0.05, 0) is 27.7 Å². The van der Waals surface area contributed by atoms with Gasteiger partial charge in [0.05, 0.1) is 32.5 Å². The predicted octanol–water partition coefficient (Wildman–Crippen LogP) is 3.08. The molecule has 1 rings (SSSR count). The number of benzene rings is 1. The summed E-state index contributed by atoms with van der Waals surface area (Å²) in [6.45, 7) is 9.89. The molecular formula is C14H21O4. The predicted molar refractivity (Wildman–Crippen MR) is 70.0 cm³/mol. The first-order valence-corrected chi connectivity index (χ1v) is 6.38. The number of hydrogen-bond acceptors (Lipinski definition) is 4. The van der Waals surface area contributed by atoms with Gasteiger partial charge in [-0.1, -0.05) is 0 Å². The number of hydrogen-bond donors (Lipinski definition) is 0. The monoisotopic (exact) mass is 253 g/mol. The first-order valence-electron chi connectivity index (χ1n) is 6.38. The van der Waals surface area contributed by atoms with Gasteiger partial charge in [0, 0.05) is 6.07 Å². The summed E-state index contributed by atoms with van der Waals surface area (Å²) in [7, 11) is 0. The summed E-state index contributed by atoms with van der Waals surface area (Å²) in [6.07, 6.45) is 0. The highest BCUT2D eigenvalue weighted by Gasteiger charge is 2.15. The summed E-state index contributed by atoms with van der Waals surface area (Å²) in [6, 6.07) is 4.83. The average molecular weight is 253 g/mol. The van der Waals surface area contributed by atoms with Crippen LogP contribution < -0.4 is 18.9 Å². The Kier molecular flexibility index (Phi) is 6.19. The summed E-state index contributed by atoms with van der Waals surface area (Å²) in [4.78, 5) is 0. The van der Waals surface area contributed by atoms with E-state index >= 15 is 0 Å². The van der Waals surface area contributed by atoms with Crippen LogP contribution in [0.4, 0.5) is 0 Å². The third kappa shape index (κ3) is 3.72. The Morgan fingerprint density at radius 3 is 2.00 bits per heavy atom. The number of ether oxygens (including phenoxy) is 4. The summed E-state index contributed by atoms with van der Waals surface area (Å²) in [5.74, 6) is 2.36. The molecule has 0 saturated carbocycles. The van der Waals surface area contributed by atoms with Gasteiger partial charge in [-0.3, -0.25) is 0 Å². The van der Waals surface area contributed by atoms with Crippen molar-refractivity contribution in [1.82, 2.24) is 0 Å². The third-order valence-electron chi connectivity index (χ3n) is 2.11. The van der Waals surface area contributed by atoms with Crippen LogP contribution in [0.3, 0.4) is 0 Å². The Morgan fingerprint density at radius 2 is 1.44 bits per heavy atom. The van der Waals surface area contributed by atoms with Crippen molar-refractivity contribution in [2.24, 2.45) is 0 Å². The Labute approximate surface area is 109 Å². The topological polar surface area (TPSA) is 36.9 Å². The van der Waals surface area contributed by atoms with E-state index in [0.29, 0.717) is 49.4 Å². The van der Waals surface area contributed by atoms with Crippen molar-refractivity contribution in [2.45, 2.75) is 27.7 Å². The van der Waals surface area contributed by atoms with Crippen molar-refractivity contribution in [2.75, 3.05) is 26.4 Å². The first-order chi connectivity index (χ1) is 8.76. The molecule has 0 aromatic heterocycles. The van der Waals surface area contributed by atoms with Gasteiger partial charge in [0.1, 0.15) is 5.75 Å². The van der Waals surface area contributed by atoms with Crippen LogP contribution in [0.1, 0.15) is 27.7 Å². The second kappa shape index (κ2) is 7.69. The molecule has 4 nitrogen and oxygen atoms in total. The molecule has 0 aliphatic rings. The van der Waals surface area contributed by atoms with Crippen LogP contribution in [0, 0.1) is 6.07 Å². The molecule has 0 unspecified atom stereocenters. The maximum atomic E-state index is 5.57. The van der Waals surface area contributed by atoms with E-state index in [1.54, 1.807) is 6.07 Å². The Bertz CT molecular complexity index is 336. The lowest BCUT2D eigenvalue weighted by molar-refractivity contribution is 0.255. The second-order valence-electron chi connectivity index (χ2n) is 3.39. The molecule has 0 N–H and O–H groups in total. The van der Waals surface area contributed by atoms with Crippen LogP contribution in [0.25, 0.3) is 0 Å². The fourth-order valence-corrected chi connectivity index (χ4v) is 1.52. The van der Waals surface area contributed by atoms with Crippen LogP contribution in [-0.2, 0) is 0 Å². The molecule has 101 valence electrons. The van der Waals surface area contributed by atoms with Crippen molar-refractivity contribution >= 4 is 0 Å². The van der Waals surface area contributed by atoms with E-state index in [1.807, 2.05) is 27.7 Å². The van der Waals surface area contributed by atoms with Gasteiger partial charge in [0.15, 0.2) is 11.5 Å². The highest BCUT2D eigenvalue weighted by atomic mass is 16.5. The molecule has 0 heterocycles. The van der Waals surface area contributed by atoms with E-state index in [1.165, 1.54) is 0 Å². The third-order valence-corrected chi connectivity index (χ3v) is 2.11. The van der Waals surface area contributed by atoms with E-state index in [4.69, 9.17) is 18.9 Å². The molecule has 4 heteroatoms. The Hall–Kier alpha value is -1.58. The van der Waals surface area contributed by atoms with E-state index in [0.717, 1.165) is 0 Å². The zero-order valence-corrected chi connectivity index (χ0v) is 11.5. The summed E-state index contributed by atoms with van der Waals surface area (Å²) < 4.78 is 22.1. The molecule has 0 saturated heterocycles. The van der Waals surface area contributed by atoms with Crippen molar-refractivity contribution in [1.29, 1.82) is 0 Å². The summed E-state index contributed by atoms with van der Waals surface area (Å²) in [5, 5.41) is 0. The van der Waals surface area contributed by atoms with Gasteiger partial charge < -0.3 is 18.9 Å². The minimum atomic E-state index is 0.536. The van der Waals surface area contributed by atoms with Crippen LogP contribution in [-0.4, -0.2) is 26.4 Å². The smallest absolute Gasteiger partial charge is 0.204 e. The Balaban J connectivity index is 3.15. The second-order valence-corrected chi connectivity index (χ2v) is 3.39. The zero-order valence-electron chi connectivity index (χ0n) is 11.5. The molecule has 0 spiro atoms. The standard InChI is InChI=1S/C14H21O4/c1-5-15-11-9-12(16-6-2)14(18-8-4)13(10-11)17-7-3/h9H,5-8H2,1-4H3. The Morgan fingerprint density at radius 1 is 0.833 bits per heavy atom. The van der Waals surface area contributed by atoms with Crippen LogP contribution in [0.5, 0.6) is 23.0 Å². The maximum Gasteiger partial charge on any atom is 0.204 e. The van der Waals surface area contributed by atoms with Gasteiger partial charge >= 0.3 is 0 Å². The highest BCUT2D eigenvalue weighted by molar-refractivity contribution is 5.55. The van der Waals surface area contributed by atoms with Crippen molar-refractivity contribution in [3.05, 3.63) is 12.1 Å². The summed E-state index contributed by atoms with van der Waals surface area (Å²) >= 11 is 0. The molecule has 0 aliphatic carbocycles. The fraction of sp³-hybridized carbons (Fsp3) is 0.571. The lowest BCUT2D eigenvalue weighted by Gasteiger charge is -2.16. The molecule has 18 heavy (non-hydrogen) atoms. The summed E-state index contributed by atoms with van der Waals surface area (Å²) in [5.41, 5.74) is 0. The molecule has 0 amide bonds. The minimum Gasteiger partial charge on any atom is -0.493 e. The lowest BCUT2D eigenvalue weighted by Crippen LogP contribution is -2.03. The van der Waals surface area contributed by atoms with Crippen molar-refractivity contribution in [3.63, 3.8) is 0 Å². The molecule has 1 aromatic carbocycles. The normalized spacial score (nSPS) is 10.0. The van der Waals surface area contributed by atoms with E-state index in [2.05, 4.69) is 6.07 Å². The van der Waals surface area contributed by atoms with E-state index in [-0.39, 0.29) is 0 Å². The number of rotatable bonds is 8. The first kappa shape index (κ1) is 14.5. The van der Waals surface area contributed by atoms with Crippen molar-refractivity contribution < 1.29 is 18.9 Å². The SMILES string of the molecule is CCOc1[c]c(OCC)c(OCC)c(OCC)c1. The minimum absolute atomic E-state index is 0.536. The zero-order chi connectivity index (χ0) is 13.4. The van der Waals surface area contributed by atoms with Gasteiger partial charge in [0.2, 0.25) is 5.75 Å². The molecular weight excluding hydrogens is 232 g/mol. The van der Waals surface area contributed by atoms with Crippen LogP contribution in [0.2, 0.25) is 0 Å². The van der Waals surface area contributed by atoms with E-state index in [9.17, 15) is 0 Å². The molecule has 0 aliphatic heterocycles. The van der Waals surface area contributed by atoms with Gasteiger partial charge in [0.25, 0.3) is 0 Å². The lowest BCUT2D eigenvalue weighted by atomic mass is 10.2. The maximum absolute atomic E-state index is 5.57. The van der Waals surface area contributed by atoms with Crippen LogP contribution in [0.15, 0.2) is 6.07 Å². The highest BCUT2D eigenvalue weighted by Crippen LogP contribution is 2.41.